The fourth-order valence-corrected chi connectivity index (χ4v) is 3.94. The van der Waals surface area contributed by atoms with Crippen LogP contribution in [0.1, 0.15) is 20.3 Å². The molecule has 18 heavy (non-hydrogen) atoms. The SMILES string of the molecule is CCC(C)C1CN(c2c(Br)cccc2Br)CCN1. The number of piperazine rings is 1. The van der Waals surface area contributed by atoms with Crippen molar-refractivity contribution < 1.29 is 0 Å². The van der Waals surface area contributed by atoms with Crippen LogP contribution in [0.15, 0.2) is 27.1 Å². The van der Waals surface area contributed by atoms with Gasteiger partial charge >= 0.3 is 0 Å². The number of nitrogens with zero attached hydrogens (tertiary/aromatic N) is 1. The third kappa shape index (κ3) is 3.09. The van der Waals surface area contributed by atoms with E-state index in [0.29, 0.717) is 12.0 Å². The largest absolute Gasteiger partial charge is 0.367 e. The van der Waals surface area contributed by atoms with E-state index in [1.54, 1.807) is 0 Å². The molecule has 0 radical (unpaired) electrons. The summed E-state index contributed by atoms with van der Waals surface area (Å²) in [4.78, 5) is 2.47. The van der Waals surface area contributed by atoms with Gasteiger partial charge < -0.3 is 10.2 Å². The van der Waals surface area contributed by atoms with Crippen molar-refractivity contribution in [2.24, 2.45) is 5.92 Å². The minimum atomic E-state index is 0.586. The van der Waals surface area contributed by atoms with E-state index in [9.17, 15) is 0 Å². The molecule has 0 aromatic heterocycles. The zero-order valence-electron chi connectivity index (χ0n) is 10.9. The van der Waals surface area contributed by atoms with Gasteiger partial charge in [0.1, 0.15) is 0 Å². The smallest absolute Gasteiger partial charge is 0.0655 e. The van der Waals surface area contributed by atoms with Crippen LogP contribution >= 0.6 is 31.9 Å². The summed E-state index contributed by atoms with van der Waals surface area (Å²) in [6.07, 6.45) is 1.22. The molecule has 0 saturated carbocycles. The second-order valence-electron chi connectivity index (χ2n) is 4.96. The predicted molar refractivity (Wildman–Crippen MR) is 85.3 cm³/mol. The van der Waals surface area contributed by atoms with E-state index < -0.39 is 0 Å². The molecule has 0 bridgehead atoms. The molecule has 1 heterocycles. The number of anilines is 1. The number of hydrogen-bond donors (Lipinski definition) is 1. The summed E-state index contributed by atoms with van der Waals surface area (Å²) < 4.78 is 2.34. The Morgan fingerprint density at radius 2 is 2.06 bits per heavy atom. The fraction of sp³-hybridized carbons (Fsp3) is 0.571. The minimum absolute atomic E-state index is 0.586. The fourth-order valence-electron chi connectivity index (χ4n) is 2.44. The van der Waals surface area contributed by atoms with Crippen LogP contribution in [0.2, 0.25) is 0 Å². The van der Waals surface area contributed by atoms with Gasteiger partial charge in [-0.25, -0.2) is 0 Å². The molecule has 4 heteroatoms. The van der Waals surface area contributed by atoms with Crippen molar-refractivity contribution >= 4 is 37.5 Å². The molecule has 1 N–H and O–H groups in total. The highest BCUT2D eigenvalue weighted by Gasteiger charge is 2.25. The maximum Gasteiger partial charge on any atom is 0.0655 e. The molecule has 2 atom stereocenters. The first-order valence-electron chi connectivity index (χ1n) is 6.55. The monoisotopic (exact) mass is 374 g/mol. The molecule has 1 aliphatic heterocycles. The van der Waals surface area contributed by atoms with Crippen molar-refractivity contribution in [3.63, 3.8) is 0 Å². The van der Waals surface area contributed by atoms with Gasteiger partial charge in [-0.05, 0) is 49.9 Å². The van der Waals surface area contributed by atoms with Crippen molar-refractivity contribution in [2.75, 3.05) is 24.5 Å². The molecule has 1 aromatic rings. The molecule has 0 spiro atoms. The molecule has 2 rings (SSSR count). The topological polar surface area (TPSA) is 15.3 Å². The third-order valence-corrected chi connectivity index (χ3v) is 5.07. The summed E-state index contributed by atoms with van der Waals surface area (Å²) in [6.45, 7) is 7.79. The van der Waals surface area contributed by atoms with Crippen LogP contribution in [0.4, 0.5) is 5.69 Å². The van der Waals surface area contributed by atoms with Crippen molar-refractivity contribution in [3.05, 3.63) is 27.1 Å². The van der Waals surface area contributed by atoms with E-state index in [0.717, 1.165) is 19.6 Å². The lowest BCUT2D eigenvalue weighted by molar-refractivity contribution is 0.341. The number of para-hydroxylation sites is 1. The van der Waals surface area contributed by atoms with Crippen molar-refractivity contribution in [1.82, 2.24) is 5.32 Å². The second kappa shape index (κ2) is 6.40. The normalized spacial score (nSPS) is 22.0. The molecule has 0 amide bonds. The Balaban J connectivity index is 2.18. The molecule has 100 valence electrons. The van der Waals surface area contributed by atoms with Gasteiger partial charge in [0.15, 0.2) is 0 Å². The summed E-state index contributed by atoms with van der Waals surface area (Å²) in [5.74, 6) is 0.717. The van der Waals surface area contributed by atoms with Crippen molar-refractivity contribution in [1.29, 1.82) is 0 Å². The summed E-state index contributed by atoms with van der Waals surface area (Å²) >= 11 is 7.33. The van der Waals surface area contributed by atoms with Gasteiger partial charge in [-0.1, -0.05) is 26.3 Å². The van der Waals surface area contributed by atoms with E-state index >= 15 is 0 Å². The zero-order chi connectivity index (χ0) is 13.1. The van der Waals surface area contributed by atoms with Crippen LogP contribution in [0.25, 0.3) is 0 Å². The van der Waals surface area contributed by atoms with E-state index in [2.05, 4.69) is 74.1 Å². The summed E-state index contributed by atoms with van der Waals surface area (Å²) in [5, 5.41) is 3.64. The predicted octanol–water partition coefficient (Wildman–Crippen LogP) is 4.04. The Kier molecular flexibility index (Phi) is 5.10. The second-order valence-corrected chi connectivity index (χ2v) is 6.67. The van der Waals surface area contributed by atoms with Crippen LogP contribution in [-0.4, -0.2) is 25.7 Å². The Labute approximate surface area is 126 Å². The number of halogens is 2. The lowest BCUT2D eigenvalue weighted by atomic mass is 9.97. The van der Waals surface area contributed by atoms with Gasteiger partial charge in [0.2, 0.25) is 0 Å². The summed E-state index contributed by atoms with van der Waals surface area (Å²) in [6, 6.07) is 6.87. The highest BCUT2D eigenvalue weighted by atomic mass is 79.9. The Morgan fingerprint density at radius 3 is 2.67 bits per heavy atom. The van der Waals surface area contributed by atoms with Crippen molar-refractivity contribution in [2.45, 2.75) is 26.3 Å². The lowest BCUT2D eigenvalue weighted by Crippen LogP contribution is -2.53. The highest BCUT2D eigenvalue weighted by molar-refractivity contribution is 9.11. The Bertz CT molecular complexity index is 389. The van der Waals surface area contributed by atoms with E-state index in [4.69, 9.17) is 0 Å². The highest BCUT2D eigenvalue weighted by Crippen LogP contribution is 2.34. The van der Waals surface area contributed by atoms with E-state index in [-0.39, 0.29) is 0 Å². The van der Waals surface area contributed by atoms with E-state index in [1.807, 2.05) is 0 Å². The number of nitrogens with one attached hydrogen (secondary N) is 1. The third-order valence-electron chi connectivity index (χ3n) is 3.79. The first-order chi connectivity index (χ1) is 8.63. The minimum Gasteiger partial charge on any atom is -0.367 e. The lowest BCUT2D eigenvalue weighted by Gasteiger charge is -2.38. The molecule has 1 aliphatic rings. The quantitative estimate of drug-likeness (QED) is 0.857. The van der Waals surface area contributed by atoms with Crippen LogP contribution in [-0.2, 0) is 0 Å². The number of rotatable bonds is 3. The van der Waals surface area contributed by atoms with Crippen molar-refractivity contribution in [3.8, 4) is 0 Å². The average Bonchev–Trinajstić information content (AvgIpc) is 2.38. The van der Waals surface area contributed by atoms with Gasteiger partial charge in [-0.2, -0.15) is 0 Å². The Morgan fingerprint density at radius 1 is 1.39 bits per heavy atom. The summed E-state index contributed by atoms with van der Waals surface area (Å²) in [5.41, 5.74) is 1.28. The van der Waals surface area contributed by atoms with Gasteiger partial charge in [-0.3, -0.25) is 0 Å². The molecular formula is C14H20Br2N2. The molecule has 1 fully saturated rings. The molecule has 1 saturated heterocycles. The molecule has 1 aromatic carbocycles. The molecular weight excluding hydrogens is 356 g/mol. The van der Waals surface area contributed by atoms with Gasteiger partial charge in [-0.15, -0.1) is 0 Å². The molecule has 2 unspecified atom stereocenters. The van der Waals surface area contributed by atoms with Crippen LogP contribution < -0.4 is 10.2 Å². The van der Waals surface area contributed by atoms with Crippen LogP contribution in [0, 0.1) is 5.92 Å². The Hall–Kier alpha value is -0.0600. The van der Waals surface area contributed by atoms with Gasteiger partial charge in [0, 0.05) is 34.6 Å². The number of hydrogen-bond acceptors (Lipinski definition) is 2. The molecule has 0 aliphatic carbocycles. The summed E-state index contributed by atoms with van der Waals surface area (Å²) in [7, 11) is 0. The van der Waals surface area contributed by atoms with Gasteiger partial charge in [0.25, 0.3) is 0 Å². The standard InChI is InChI=1S/C14H20Br2N2/c1-3-10(2)13-9-18(8-7-17-13)14-11(15)5-4-6-12(14)16/h4-6,10,13,17H,3,7-9H2,1-2H3. The average molecular weight is 376 g/mol. The first-order valence-corrected chi connectivity index (χ1v) is 8.14. The maximum atomic E-state index is 3.66. The maximum absolute atomic E-state index is 3.66. The van der Waals surface area contributed by atoms with Crippen LogP contribution in [0.3, 0.4) is 0 Å². The number of benzene rings is 1. The van der Waals surface area contributed by atoms with Gasteiger partial charge in [0.05, 0.1) is 5.69 Å². The van der Waals surface area contributed by atoms with Crippen LogP contribution in [0.5, 0.6) is 0 Å². The molecule has 2 nitrogen and oxygen atoms in total. The zero-order valence-corrected chi connectivity index (χ0v) is 14.1. The first kappa shape index (κ1) is 14.4. The van der Waals surface area contributed by atoms with E-state index in [1.165, 1.54) is 21.1 Å².